The number of nitrogens with one attached hydrogen (secondary N) is 3. The van der Waals surface area contributed by atoms with Crippen LogP contribution in [0.15, 0.2) is 107 Å². The van der Waals surface area contributed by atoms with Gasteiger partial charge in [0.15, 0.2) is 0 Å². The lowest BCUT2D eigenvalue weighted by Crippen LogP contribution is -2.30. The van der Waals surface area contributed by atoms with E-state index in [0.717, 1.165) is 16.5 Å². The summed E-state index contributed by atoms with van der Waals surface area (Å²) in [4.78, 5) is 36.8. The van der Waals surface area contributed by atoms with Gasteiger partial charge in [0, 0.05) is 40.1 Å². The number of nitrogens with zero attached hydrogens (tertiary/aromatic N) is 1. The van der Waals surface area contributed by atoms with Crippen LogP contribution in [0, 0.1) is 17.0 Å². The number of amides is 2. The summed E-state index contributed by atoms with van der Waals surface area (Å²) in [5, 5.41) is 17.4. The summed E-state index contributed by atoms with van der Waals surface area (Å²) in [6.07, 6.45) is 0. The van der Waals surface area contributed by atoms with Gasteiger partial charge in [-0.25, -0.2) is 13.1 Å². The highest BCUT2D eigenvalue weighted by molar-refractivity contribution is 7.99. The number of aryl methyl sites for hydroxylation is 1. The van der Waals surface area contributed by atoms with Gasteiger partial charge in [-0.05, 0) is 67.1 Å². The number of nitro groups is 1. The lowest BCUT2D eigenvalue weighted by molar-refractivity contribution is -0.384. The minimum atomic E-state index is -4.42. The number of carbonyl (C=O) groups excluding carboxylic acids is 2. The van der Waals surface area contributed by atoms with Gasteiger partial charge >= 0.3 is 0 Å². The third kappa shape index (κ3) is 7.71. The normalized spacial score (nSPS) is 11.0. The molecule has 0 bridgehead atoms. The van der Waals surface area contributed by atoms with Crippen molar-refractivity contribution in [2.24, 2.45) is 0 Å². The summed E-state index contributed by atoms with van der Waals surface area (Å²) in [7, 11) is -4.42. The van der Waals surface area contributed by atoms with Gasteiger partial charge in [0.05, 0.1) is 9.82 Å². The first-order chi connectivity index (χ1) is 19.6. The molecule has 4 aromatic rings. The third-order valence-corrected chi connectivity index (χ3v) is 8.27. The predicted octanol–water partition coefficient (Wildman–Crippen LogP) is 5.48. The molecule has 0 unspecified atom stereocenters. The molecule has 0 saturated carbocycles. The zero-order valence-electron chi connectivity index (χ0n) is 21.9. The van der Waals surface area contributed by atoms with Crippen molar-refractivity contribution in [3.05, 3.63) is 124 Å². The Morgan fingerprint density at radius 3 is 2.24 bits per heavy atom. The molecule has 41 heavy (non-hydrogen) atoms. The fourth-order valence-electron chi connectivity index (χ4n) is 3.82. The monoisotopic (exact) mass is 590 g/mol. The SMILES string of the molecule is Cc1ccccc1C(=O)Nc1ccc(C(=O)NS(=O)(=O)c2ccc(NCCSc3ccccc3)c([N+](=O)[O-])c2)cc1. The Labute approximate surface area is 241 Å². The second-order valence-electron chi connectivity index (χ2n) is 8.81. The number of hydrogen-bond donors (Lipinski definition) is 3. The fraction of sp³-hybridized carbons (Fsp3) is 0.103. The Morgan fingerprint density at radius 2 is 1.56 bits per heavy atom. The van der Waals surface area contributed by atoms with Gasteiger partial charge in [-0.15, -0.1) is 11.8 Å². The highest BCUT2D eigenvalue weighted by Crippen LogP contribution is 2.28. The van der Waals surface area contributed by atoms with Crippen molar-refractivity contribution in [2.45, 2.75) is 16.7 Å². The molecule has 0 spiro atoms. The molecular weight excluding hydrogens is 564 g/mol. The Kier molecular flexibility index (Phi) is 9.37. The molecule has 0 aromatic heterocycles. The maximum Gasteiger partial charge on any atom is 0.293 e. The molecule has 4 rings (SSSR count). The van der Waals surface area contributed by atoms with E-state index >= 15 is 0 Å². The van der Waals surface area contributed by atoms with Gasteiger partial charge in [-0.3, -0.25) is 19.7 Å². The van der Waals surface area contributed by atoms with Crippen molar-refractivity contribution in [3.8, 4) is 0 Å². The molecule has 0 fully saturated rings. The Hall–Kier alpha value is -4.68. The lowest BCUT2D eigenvalue weighted by atomic mass is 10.1. The molecule has 2 amide bonds. The van der Waals surface area contributed by atoms with Crippen molar-refractivity contribution in [1.82, 2.24) is 4.72 Å². The van der Waals surface area contributed by atoms with Crippen LogP contribution in [-0.4, -0.2) is 37.5 Å². The van der Waals surface area contributed by atoms with E-state index in [9.17, 15) is 28.1 Å². The minimum absolute atomic E-state index is 0.0196. The Morgan fingerprint density at radius 1 is 0.878 bits per heavy atom. The first-order valence-electron chi connectivity index (χ1n) is 12.4. The Balaban J connectivity index is 1.39. The van der Waals surface area contributed by atoms with Crippen LogP contribution < -0.4 is 15.4 Å². The Bertz CT molecular complexity index is 1680. The quantitative estimate of drug-likeness (QED) is 0.0901. The van der Waals surface area contributed by atoms with Gasteiger partial charge in [0.25, 0.3) is 27.5 Å². The summed E-state index contributed by atoms with van der Waals surface area (Å²) in [6, 6.07) is 25.8. The van der Waals surface area contributed by atoms with Crippen LogP contribution in [-0.2, 0) is 10.0 Å². The van der Waals surface area contributed by atoms with Crippen molar-refractivity contribution in [1.29, 1.82) is 0 Å². The van der Waals surface area contributed by atoms with E-state index in [1.54, 1.807) is 23.9 Å². The van der Waals surface area contributed by atoms with Crippen molar-refractivity contribution in [3.63, 3.8) is 0 Å². The number of carbonyl (C=O) groups is 2. The van der Waals surface area contributed by atoms with Gasteiger partial charge < -0.3 is 10.6 Å². The standard InChI is InChI=1S/C29H26N4O6S2/c1-20-7-5-6-10-25(20)29(35)31-22-13-11-21(12-14-22)28(34)32-41(38,39)24-15-16-26(27(19-24)33(36)37)30-17-18-40-23-8-3-2-4-9-23/h2-16,19,30H,17-18H2,1H3,(H,31,35)(H,32,34). The van der Waals surface area contributed by atoms with E-state index in [4.69, 9.17) is 0 Å². The van der Waals surface area contributed by atoms with Crippen LogP contribution in [0.2, 0.25) is 0 Å². The number of nitro benzene ring substituents is 1. The molecule has 0 saturated heterocycles. The largest absolute Gasteiger partial charge is 0.379 e. The van der Waals surface area contributed by atoms with E-state index < -0.39 is 31.4 Å². The van der Waals surface area contributed by atoms with Crippen LogP contribution in [0.25, 0.3) is 0 Å². The van der Waals surface area contributed by atoms with E-state index in [1.165, 1.54) is 36.4 Å². The second-order valence-corrected chi connectivity index (χ2v) is 11.7. The van der Waals surface area contributed by atoms with Crippen LogP contribution >= 0.6 is 11.8 Å². The molecule has 0 aliphatic heterocycles. The molecule has 0 aliphatic carbocycles. The molecule has 210 valence electrons. The predicted molar refractivity (Wildman–Crippen MR) is 159 cm³/mol. The molecule has 4 aromatic carbocycles. The molecule has 12 heteroatoms. The maximum absolute atomic E-state index is 12.9. The summed E-state index contributed by atoms with van der Waals surface area (Å²) in [5.74, 6) is -0.618. The smallest absolute Gasteiger partial charge is 0.293 e. The van der Waals surface area contributed by atoms with Crippen molar-refractivity contribution >= 4 is 50.7 Å². The number of thioether (sulfide) groups is 1. The number of anilines is 2. The summed E-state index contributed by atoms with van der Waals surface area (Å²) < 4.78 is 27.7. The van der Waals surface area contributed by atoms with Gasteiger partial charge in [-0.1, -0.05) is 36.4 Å². The highest BCUT2D eigenvalue weighted by atomic mass is 32.2. The summed E-state index contributed by atoms with van der Waals surface area (Å²) in [5.41, 5.74) is 1.47. The molecule has 10 nitrogen and oxygen atoms in total. The maximum atomic E-state index is 12.9. The van der Waals surface area contributed by atoms with Crippen LogP contribution in [0.4, 0.5) is 17.1 Å². The van der Waals surface area contributed by atoms with Gasteiger partial charge in [-0.2, -0.15) is 0 Å². The first kappa shape index (κ1) is 29.3. The summed E-state index contributed by atoms with van der Waals surface area (Å²) in [6.45, 7) is 2.22. The van der Waals surface area contributed by atoms with Gasteiger partial charge in [0.2, 0.25) is 0 Å². The van der Waals surface area contributed by atoms with Gasteiger partial charge in [0.1, 0.15) is 5.69 Å². The number of rotatable bonds is 11. The molecule has 0 radical (unpaired) electrons. The van der Waals surface area contributed by atoms with Crippen LogP contribution in [0.1, 0.15) is 26.3 Å². The van der Waals surface area contributed by atoms with E-state index in [0.29, 0.717) is 23.5 Å². The zero-order valence-corrected chi connectivity index (χ0v) is 23.5. The number of sulfonamides is 1. The van der Waals surface area contributed by atoms with Crippen molar-refractivity contribution < 1.29 is 22.9 Å². The molecule has 0 atom stereocenters. The first-order valence-corrected chi connectivity index (χ1v) is 14.9. The molecule has 3 N–H and O–H groups in total. The number of hydrogen-bond acceptors (Lipinski definition) is 8. The zero-order chi connectivity index (χ0) is 29.4. The molecule has 0 heterocycles. The minimum Gasteiger partial charge on any atom is -0.379 e. The topological polar surface area (TPSA) is 148 Å². The van der Waals surface area contributed by atoms with Crippen molar-refractivity contribution in [2.75, 3.05) is 22.9 Å². The summed E-state index contributed by atoms with van der Waals surface area (Å²) >= 11 is 1.57. The number of benzene rings is 4. The second kappa shape index (κ2) is 13.1. The molecule has 0 aliphatic rings. The van der Waals surface area contributed by atoms with Crippen LogP contribution in [0.3, 0.4) is 0 Å². The fourth-order valence-corrected chi connectivity index (χ4v) is 5.60. The van der Waals surface area contributed by atoms with E-state index in [-0.39, 0.29) is 17.2 Å². The van der Waals surface area contributed by atoms with E-state index in [2.05, 4.69) is 10.6 Å². The highest BCUT2D eigenvalue weighted by Gasteiger charge is 2.24. The lowest BCUT2D eigenvalue weighted by Gasteiger charge is -2.11. The average molecular weight is 591 g/mol. The van der Waals surface area contributed by atoms with E-state index in [1.807, 2.05) is 54.1 Å². The average Bonchev–Trinajstić information content (AvgIpc) is 2.96. The molecular formula is C29H26N4O6S2. The van der Waals surface area contributed by atoms with Crippen LogP contribution in [0.5, 0.6) is 0 Å². The third-order valence-electron chi connectivity index (χ3n) is 5.93.